The summed E-state index contributed by atoms with van der Waals surface area (Å²) in [5.41, 5.74) is 2.54. The first kappa shape index (κ1) is 19.4. The minimum atomic E-state index is 0.438. The molecular weight excluding hydrogens is 388 g/mol. The van der Waals surface area contributed by atoms with Gasteiger partial charge in [-0.1, -0.05) is 6.92 Å². The molecule has 1 atom stereocenters. The molecule has 3 heterocycles. The number of nitrogens with zero attached hydrogens (tertiary/aromatic N) is 4. The van der Waals surface area contributed by atoms with Gasteiger partial charge in [0, 0.05) is 29.6 Å². The van der Waals surface area contributed by atoms with E-state index in [2.05, 4.69) is 34.8 Å². The second kappa shape index (κ2) is 8.19. The molecule has 4 rings (SSSR count). The highest BCUT2D eigenvalue weighted by atomic mass is 32.1. The van der Waals surface area contributed by atoms with Crippen molar-refractivity contribution < 1.29 is 4.74 Å². The second-order valence-corrected chi connectivity index (χ2v) is 8.37. The third-order valence-corrected chi connectivity index (χ3v) is 6.92. The van der Waals surface area contributed by atoms with E-state index >= 15 is 0 Å². The average Bonchev–Trinajstić information content (AvgIpc) is 3.32. The minimum absolute atomic E-state index is 0.438. The average molecular weight is 415 g/mol. The molecule has 0 spiro atoms. The highest BCUT2D eigenvalue weighted by Gasteiger charge is 2.27. The molecule has 0 bridgehead atoms. The fraction of sp³-hybridized carbons (Fsp3) is 0.429. The van der Waals surface area contributed by atoms with Gasteiger partial charge in [0.1, 0.15) is 5.75 Å². The topological polar surface area (TPSA) is 35.2 Å². The van der Waals surface area contributed by atoms with Crippen molar-refractivity contribution in [3.63, 3.8) is 0 Å². The summed E-state index contributed by atoms with van der Waals surface area (Å²) in [6.45, 7) is 6.94. The smallest absolute Gasteiger partial charge is 0.199 e. The van der Waals surface area contributed by atoms with Gasteiger partial charge in [-0.05, 0) is 73.3 Å². The van der Waals surface area contributed by atoms with E-state index in [9.17, 15) is 0 Å². The summed E-state index contributed by atoms with van der Waals surface area (Å²) >= 11 is 7.66. The SMILES string of the molecule is CC[C@@H]1c2ccsc2CCN1Cn1nc(-c2ccc(OC)cc2)n(CC)c1=S. The first-order valence-corrected chi connectivity index (χ1v) is 11.1. The fourth-order valence-corrected chi connectivity index (χ4v) is 5.28. The number of hydrogen-bond acceptors (Lipinski definition) is 5. The van der Waals surface area contributed by atoms with Crippen LogP contribution in [0, 0.1) is 4.77 Å². The van der Waals surface area contributed by atoms with E-state index in [1.165, 1.54) is 10.4 Å². The van der Waals surface area contributed by atoms with Crippen LogP contribution in [0.5, 0.6) is 5.75 Å². The lowest BCUT2D eigenvalue weighted by atomic mass is 9.98. The number of methoxy groups -OCH3 is 1. The monoisotopic (exact) mass is 414 g/mol. The van der Waals surface area contributed by atoms with E-state index in [0.717, 1.165) is 54.5 Å². The van der Waals surface area contributed by atoms with Crippen molar-refractivity contribution in [2.45, 2.75) is 45.9 Å². The van der Waals surface area contributed by atoms with Crippen molar-refractivity contribution in [1.29, 1.82) is 0 Å². The summed E-state index contributed by atoms with van der Waals surface area (Å²) in [5.74, 6) is 1.76. The molecule has 1 aromatic carbocycles. The van der Waals surface area contributed by atoms with Gasteiger partial charge in [0.15, 0.2) is 10.6 Å². The quantitative estimate of drug-likeness (QED) is 0.523. The van der Waals surface area contributed by atoms with E-state index < -0.39 is 0 Å². The van der Waals surface area contributed by atoms with Gasteiger partial charge in [-0.25, -0.2) is 4.68 Å². The Morgan fingerprint density at radius 3 is 2.68 bits per heavy atom. The Balaban J connectivity index is 1.65. The van der Waals surface area contributed by atoms with Crippen LogP contribution in [0.15, 0.2) is 35.7 Å². The highest BCUT2D eigenvalue weighted by molar-refractivity contribution is 7.71. The molecule has 0 fully saturated rings. The largest absolute Gasteiger partial charge is 0.497 e. The van der Waals surface area contributed by atoms with Crippen LogP contribution in [-0.4, -0.2) is 32.9 Å². The van der Waals surface area contributed by atoms with E-state index in [4.69, 9.17) is 22.1 Å². The summed E-state index contributed by atoms with van der Waals surface area (Å²) in [5, 5.41) is 7.13. The van der Waals surface area contributed by atoms with Crippen molar-refractivity contribution in [1.82, 2.24) is 19.2 Å². The van der Waals surface area contributed by atoms with E-state index in [-0.39, 0.29) is 0 Å². The lowest BCUT2D eigenvalue weighted by Crippen LogP contribution is -2.36. The van der Waals surface area contributed by atoms with E-state index in [1.54, 1.807) is 7.11 Å². The Labute approximate surface area is 175 Å². The van der Waals surface area contributed by atoms with Crippen molar-refractivity contribution in [2.75, 3.05) is 13.7 Å². The Morgan fingerprint density at radius 2 is 2.00 bits per heavy atom. The lowest BCUT2D eigenvalue weighted by Gasteiger charge is -2.35. The summed E-state index contributed by atoms with van der Waals surface area (Å²) in [4.78, 5) is 4.04. The van der Waals surface area contributed by atoms with Crippen molar-refractivity contribution in [3.05, 3.63) is 50.9 Å². The molecule has 0 aliphatic carbocycles. The van der Waals surface area contributed by atoms with Crippen LogP contribution in [0.2, 0.25) is 0 Å². The molecule has 1 aliphatic heterocycles. The van der Waals surface area contributed by atoms with E-state index in [1.807, 2.05) is 40.3 Å². The van der Waals surface area contributed by atoms with Crippen LogP contribution in [0.4, 0.5) is 0 Å². The van der Waals surface area contributed by atoms with Crippen LogP contribution >= 0.6 is 23.6 Å². The molecule has 0 saturated heterocycles. The molecule has 0 saturated carbocycles. The summed E-state index contributed by atoms with van der Waals surface area (Å²) in [6.07, 6.45) is 2.20. The van der Waals surface area contributed by atoms with Crippen LogP contribution in [0.3, 0.4) is 0 Å². The molecule has 0 radical (unpaired) electrons. The maximum atomic E-state index is 5.78. The lowest BCUT2D eigenvalue weighted by molar-refractivity contribution is 0.129. The summed E-state index contributed by atoms with van der Waals surface area (Å²) in [7, 11) is 1.68. The third kappa shape index (κ3) is 3.43. The fourth-order valence-electron chi connectivity index (χ4n) is 4.04. The molecule has 5 nitrogen and oxygen atoms in total. The molecule has 2 aromatic heterocycles. The Morgan fingerprint density at radius 1 is 1.21 bits per heavy atom. The van der Waals surface area contributed by atoms with Crippen molar-refractivity contribution in [3.8, 4) is 17.1 Å². The number of thiophene rings is 1. The molecule has 0 unspecified atom stereocenters. The molecule has 148 valence electrons. The molecule has 7 heteroatoms. The van der Waals surface area contributed by atoms with Gasteiger partial charge in [0.05, 0.1) is 13.8 Å². The van der Waals surface area contributed by atoms with Gasteiger partial charge in [-0.3, -0.25) is 4.90 Å². The number of rotatable bonds is 6. The Bertz CT molecular complexity index is 1000. The zero-order valence-electron chi connectivity index (χ0n) is 16.6. The standard InChI is InChI=1S/C21H26N4OS2/c1-4-18-17-11-13-28-19(17)10-12-23(18)14-25-21(27)24(5-2)20(22-25)15-6-8-16(26-3)9-7-15/h6-9,11,13,18H,4-5,10,12,14H2,1-3H3/t18-/m1/s1. The normalized spacial score (nSPS) is 16.9. The molecule has 3 aromatic rings. The first-order chi connectivity index (χ1) is 13.7. The number of fused-ring (bicyclic) bond motifs is 1. The maximum Gasteiger partial charge on any atom is 0.199 e. The van der Waals surface area contributed by atoms with Crippen LogP contribution in [0.1, 0.15) is 36.8 Å². The predicted molar refractivity (Wildman–Crippen MR) is 116 cm³/mol. The molecule has 1 aliphatic rings. The van der Waals surface area contributed by atoms with Gasteiger partial charge in [0.2, 0.25) is 0 Å². The van der Waals surface area contributed by atoms with Crippen LogP contribution < -0.4 is 4.74 Å². The molecule has 28 heavy (non-hydrogen) atoms. The summed E-state index contributed by atoms with van der Waals surface area (Å²) < 4.78 is 10.1. The van der Waals surface area contributed by atoms with Crippen molar-refractivity contribution in [2.24, 2.45) is 0 Å². The Hall–Kier alpha value is -1.96. The van der Waals surface area contributed by atoms with Gasteiger partial charge in [0.25, 0.3) is 0 Å². The predicted octanol–water partition coefficient (Wildman–Crippen LogP) is 5.14. The van der Waals surface area contributed by atoms with Crippen LogP contribution in [-0.2, 0) is 19.6 Å². The summed E-state index contributed by atoms with van der Waals surface area (Å²) in [6, 6.07) is 10.7. The third-order valence-electron chi connectivity index (χ3n) is 5.50. The highest BCUT2D eigenvalue weighted by Crippen LogP contribution is 2.35. The maximum absolute atomic E-state index is 5.78. The molecule has 0 N–H and O–H groups in total. The number of aromatic nitrogens is 3. The van der Waals surface area contributed by atoms with Crippen LogP contribution in [0.25, 0.3) is 11.4 Å². The first-order valence-electron chi connectivity index (χ1n) is 9.78. The zero-order valence-corrected chi connectivity index (χ0v) is 18.2. The second-order valence-electron chi connectivity index (χ2n) is 7.01. The molecular formula is C21H26N4OS2. The number of ether oxygens (including phenoxy) is 1. The number of benzene rings is 1. The minimum Gasteiger partial charge on any atom is -0.497 e. The van der Waals surface area contributed by atoms with Gasteiger partial charge < -0.3 is 9.30 Å². The molecule has 0 amide bonds. The number of hydrogen-bond donors (Lipinski definition) is 0. The Kier molecular flexibility index (Phi) is 5.66. The van der Waals surface area contributed by atoms with Gasteiger partial charge in [-0.15, -0.1) is 11.3 Å². The van der Waals surface area contributed by atoms with Gasteiger partial charge >= 0.3 is 0 Å². The van der Waals surface area contributed by atoms with Gasteiger partial charge in [-0.2, -0.15) is 5.10 Å². The van der Waals surface area contributed by atoms with Crippen molar-refractivity contribution >= 4 is 23.6 Å². The van der Waals surface area contributed by atoms with E-state index in [0.29, 0.717) is 6.04 Å². The zero-order chi connectivity index (χ0) is 19.7.